The molecule has 3 heterocycles. The fourth-order valence-corrected chi connectivity index (χ4v) is 3.51. The average Bonchev–Trinajstić information content (AvgIpc) is 3.39. The highest BCUT2D eigenvalue weighted by atomic mass is 16.5. The second kappa shape index (κ2) is 7.94. The van der Waals surface area contributed by atoms with Crippen molar-refractivity contribution in [3.8, 4) is 17.5 Å². The largest absolute Gasteiger partial charge is 0.496 e. The second-order valence-electron chi connectivity index (χ2n) is 6.78. The van der Waals surface area contributed by atoms with Crippen LogP contribution in [0.1, 0.15) is 5.56 Å². The first-order valence-corrected chi connectivity index (χ1v) is 9.36. The van der Waals surface area contributed by atoms with Gasteiger partial charge in [-0.15, -0.1) is 0 Å². The van der Waals surface area contributed by atoms with Crippen LogP contribution in [0.25, 0.3) is 22.9 Å². The molecule has 11 heteroatoms. The zero-order chi connectivity index (χ0) is 22.1. The van der Waals surface area contributed by atoms with Crippen molar-refractivity contribution >= 4 is 17.1 Å². The standard InChI is InChI=1S/C20H19N5O6/c1-23-15-16(22-17(23)18-21-8-10-31-18)24(20(29)25(19(15)28)11-14(26)27)9-7-12-5-3-4-6-13(12)30-2/h3-6,8,10H,7,9,11H2,1-2H3,(H,26,27). The van der Waals surface area contributed by atoms with Crippen molar-refractivity contribution < 1.29 is 19.1 Å². The number of carboxylic acids is 1. The van der Waals surface area contributed by atoms with Gasteiger partial charge in [-0.2, -0.15) is 0 Å². The van der Waals surface area contributed by atoms with E-state index < -0.39 is 23.8 Å². The molecule has 0 aliphatic rings. The molecule has 0 atom stereocenters. The molecule has 0 saturated heterocycles. The number of methoxy groups -OCH3 is 1. The normalized spacial score (nSPS) is 11.2. The molecule has 160 valence electrons. The maximum Gasteiger partial charge on any atom is 0.333 e. The van der Waals surface area contributed by atoms with E-state index >= 15 is 0 Å². The molecule has 4 rings (SSSR count). The molecule has 0 amide bonds. The van der Waals surface area contributed by atoms with Crippen molar-refractivity contribution in [2.24, 2.45) is 7.05 Å². The number of carboxylic acid groups (broad SMARTS) is 1. The van der Waals surface area contributed by atoms with Crippen molar-refractivity contribution in [3.05, 3.63) is 63.1 Å². The van der Waals surface area contributed by atoms with Gasteiger partial charge in [-0.1, -0.05) is 18.2 Å². The molecule has 0 spiro atoms. The zero-order valence-corrected chi connectivity index (χ0v) is 16.8. The van der Waals surface area contributed by atoms with Gasteiger partial charge < -0.3 is 18.8 Å². The molecule has 3 aromatic heterocycles. The number of fused-ring (bicyclic) bond motifs is 1. The summed E-state index contributed by atoms with van der Waals surface area (Å²) < 4.78 is 14.1. The van der Waals surface area contributed by atoms with Crippen molar-refractivity contribution in [3.63, 3.8) is 0 Å². The van der Waals surface area contributed by atoms with Crippen LogP contribution in [0.2, 0.25) is 0 Å². The first kappa shape index (κ1) is 20.1. The molecule has 0 aliphatic heterocycles. The first-order chi connectivity index (χ1) is 14.9. The number of imidazole rings is 1. The topological polar surface area (TPSA) is 134 Å². The summed E-state index contributed by atoms with van der Waals surface area (Å²) in [5, 5.41) is 9.21. The minimum absolute atomic E-state index is 0.0778. The quantitative estimate of drug-likeness (QED) is 0.461. The Morgan fingerprint density at radius 1 is 1.23 bits per heavy atom. The van der Waals surface area contributed by atoms with Crippen LogP contribution in [0.4, 0.5) is 0 Å². The van der Waals surface area contributed by atoms with Crippen LogP contribution in [0.3, 0.4) is 0 Å². The molecule has 0 saturated carbocycles. The average molecular weight is 425 g/mol. The van der Waals surface area contributed by atoms with Crippen LogP contribution in [0.5, 0.6) is 5.75 Å². The van der Waals surface area contributed by atoms with E-state index in [-0.39, 0.29) is 29.4 Å². The Hall–Kier alpha value is -4.15. The Morgan fingerprint density at radius 2 is 2.00 bits per heavy atom. The number of oxazole rings is 1. The lowest BCUT2D eigenvalue weighted by Crippen LogP contribution is -2.42. The van der Waals surface area contributed by atoms with Crippen molar-refractivity contribution in [2.75, 3.05) is 7.11 Å². The van der Waals surface area contributed by atoms with Gasteiger partial charge >= 0.3 is 11.7 Å². The number of nitrogens with zero attached hydrogens (tertiary/aromatic N) is 5. The van der Waals surface area contributed by atoms with E-state index in [1.165, 1.54) is 21.6 Å². The Balaban J connectivity index is 1.92. The zero-order valence-electron chi connectivity index (χ0n) is 16.8. The number of aliphatic carboxylic acids is 1. The Kier molecular flexibility index (Phi) is 5.15. The summed E-state index contributed by atoms with van der Waals surface area (Å²) in [5.41, 5.74) is -0.447. The van der Waals surface area contributed by atoms with Gasteiger partial charge in [-0.05, 0) is 18.1 Å². The summed E-state index contributed by atoms with van der Waals surface area (Å²) in [4.78, 5) is 45.8. The van der Waals surface area contributed by atoms with E-state index in [2.05, 4.69) is 9.97 Å². The van der Waals surface area contributed by atoms with Gasteiger partial charge in [0, 0.05) is 13.6 Å². The summed E-state index contributed by atoms with van der Waals surface area (Å²) >= 11 is 0. The number of aryl methyl sites for hydroxylation is 3. The fourth-order valence-electron chi connectivity index (χ4n) is 3.51. The first-order valence-electron chi connectivity index (χ1n) is 9.36. The molecule has 0 radical (unpaired) electrons. The molecule has 4 aromatic rings. The van der Waals surface area contributed by atoms with Crippen LogP contribution in [-0.4, -0.2) is 41.9 Å². The van der Waals surface area contributed by atoms with E-state index in [1.807, 2.05) is 18.2 Å². The van der Waals surface area contributed by atoms with Gasteiger partial charge in [0.05, 0.1) is 13.3 Å². The van der Waals surface area contributed by atoms with E-state index in [4.69, 9.17) is 9.15 Å². The van der Waals surface area contributed by atoms with Crippen LogP contribution in [-0.2, 0) is 31.4 Å². The number of hydrogen-bond acceptors (Lipinski definition) is 7. The van der Waals surface area contributed by atoms with Crippen molar-refractivity contribution in [1.82, 2.24) is 23.7 Å². The predicted octanol–water partition coefficient (Wildman–Crippen LogP) is 0.888. The van der Waals surface area contributed by atoms with Crippen LogP contribution in [0.15, 0.2) is 50.7 Å². The molecule has 1 N–H and O–H groups in total. The summed E-state index contributed by atoms with van der Waals surface area (Å²) in [6.07, 6.45) is 3.20. The Morgan fingerprint density at radius 3 is 2.68 bits per heavy atom. The summed E-state index contributed by atoms with van der Waals surface area (Å²) in [7, 11) is 3.13. The summed E-state index contributed by atoms with van der Waals surface area (Å²) in [6, 6.07) is 7.36. The summed E-state index contributed by atoms with van der Waals surface area (Å²) in [6.45, 7) is -0.612. The number of para-hydroxylation sites is 1. The van der Waals surface area contributed by atoms with Gasteiger partial charge in [-0.25, -0.2) is 19.3 Å². The maximum absolute atomic E-state index is 13.1. The number of carbonyl (C=O) groups is 1. The Labute approximate surface area is 174 Å². The van der Waals surface area contributed by atoms with Gasteiger partial charge in [-0.3, -0.25) is 14.2 Å². The van der Waals surface area contributed by atoms with Gasteiger partial charge in [0.15, 0.2) is 17.0 Å². The molecule has 0 unspecified atom stereocenters. The molecule has 0 aliphatic carbocycles. The predicted molar refractivity (Wildman–Crippen MR) is 109 cm³/mol. The molecular weight excluding hydrogens is 406 g/mol. The van der Waals surface area contributed by atoms with Gasteiger partial charge in [0.1, 0.15) is 18.6 Å². The minimum atomic E-state index is -1.30. The lowest BCUT2D eigenvalue weighted by atomic mass is 10.1. The molecule has 0 fully saturated rings. The minimum Gasteiger partial charge on any atom is -0.496 e. The van der Waals surface area contributed by atoms with E-state index in [9.17, 15) is 19.5 Å². The van der Waals surface area contributed by atoms with Crippen molar-refractivity contribution in [1.29, 1.82) is 0 Å². The van der Waals surface area contributed by atoms with Gasteiger partial charge in [0.25, 0.3) is 11.4 Å². The van der Waals surface area contributed by atoms with Gasteiger partial charge in [0.2, 0.25) is 0 Å². The molecule has 0 bridgehead atoms. The number of aromatic nitrogens is 5. The fraction of sp³-hybridized carbons (Fsp3) is 0.250. The van der Waals surface area contributed by atoms with Crippen LogP contribution < -0.4 is 16.0 Å². The highest BCUT2D eigenvalue weighted by Crippen LogP contribution is 2.21. The lowest BCUT2D eigenvalue weighted by Gasteiger charge is -2.12. The van der Waals surface area contributed by atoms with Crippen LogP contribution in [0, 0.1) is 0 Å². The molecular formula is C20H19N5O6. The molecule has 31 heavy (non-hydrogen) atoms. The summed E-state index contributed by atoms with van der Waals surface area (Å²) in [5.74, 6) is -0.223. The third kappa shape index (κ3) is 3.50. The third-order valence-corrected chi connectivity index (χ3v) is 4.96. The SMILES string of the molecule is COc1ccccc1CCn1c(=O)n(CC(=O)O)c(=O)c2c1nc(-c1ncco1)n2C. The van der Waals surface area contributed by atoms with Crippen molar-refractivity contribution in [2.45, 2.75) is 19.5 Å². The number of hydrogen-bond donors (Lipinski definition) is 1. The third-order valence-electron chi connectivity index (χ3n) is 4.96. The highest BCUT2D eigenvalue weighted by Gasteiger charge is 2.23. The van der Waals surface area contributed by atoms with Crippen LogP contribution >= 0.6 is 0 Å². The number of benzene rings is 1. The highest BCUT2D eigenvalue weighted by molar-refractivity contribution is 5.75. The lowest BCUT2D eigenvalue weighted by molar-refractivity contribution is -0.137. The molecule has 1 aromatic carbocycles. The van der Waals surface area contributed by atoms with E-state index in [0.29, 0.717) is 16.7 Å². The number of ether oxygens (including phenoxy) is 1. The second-order valence-corrected chi connectivity index (χ2v) is 6.78. The smallest absolute Gasteiger partial charge is 0.333 e. The monoisotopic (exact) mass is 425 g/mol. The number of rotatable bonds is 7. The Bertz CT molecular complexity index is 1380. The van der Waals surface area contributed by atoms with E-state index in [0.717, 1.165) is 5.56 Å². The maximum atomic E-state index is 13.1. The molecule has 11 nitrogen and oxygen atoms in total. The van der Waals surface area contributed by atoms with E-state index in [1.54, 1.807) is 20.2 Å².